The maximum atomic E-state index is 13.5. The van der Waals surface area contributed by atoms with E-state index in [1.54, 1.807) is 12.1 Å². The molecule has 0 aliphatic rings. The highest BCUT2D eigenvalue weighted by molar-refractivity contribution is 5.98. The molecule has 0 spiro atoms. The number of rotatable bonds is 3. The van der Waals surface area contributed by atoms with Crippen LogP contribution in [0.2, 0.25) is 0 Å². The summed E-state index contributed by atoms with van der Waals surface area (Å²) in [7, 11) is 0. The Morgan fingerprint density at radius 2 is 1.87 bits per heavy atom. The molecular formula is C12H16FNO. The summed E-state index contributed by atoms with van der Waals surface area (Å²) in [4.78, 5) is 13.2. The summed E-state index contributed by atoms with van der Waals surface area (Å²) in [5, 5.41) is 0. The molecule has 2 nitrogen and oxygen atoms in total. The fraction of sp³-hybridized carbons (Fsp3) is 0.417. The van der Waals surface area contributed by atoms with Crippen LogP contribution in [0.3, 0.4) is 0 Å². The van der Waals surface area contributed by atoms with Crippen LogP contribution in [-0.4, -0.2) is 18.1 Å². The van der Waals surface area contributed by atoms with Crippen LogP contribution in [0, 0.1) is 0 Å². The van der Waals surface area contributed by atoms with Crippen molar-refractivity contribution in [3.8, 4) is 0 Å². The number of hydrogen-bond acceptors (Lipinski definition) is 1. The first-order valence-electron chi connectivity index (χ1n) is 5.02. The molecule has 0 bridgehead atoms. The fourth-order valence-corrected chi connectivity index (χ4v) is 1.37. The molecule has 0 saturated heterocycles. The van der Waals surface area contributed by atoms with Gasteiger partial charge in [-0.3, -0.25) is 4.79 Å². The third kappa shape index (κ3) is 2.78. The van der Waals surface area contributed by atoms with E-state index in [1.165, 1.54) is 18.7 Å². The Kier molecular flexibility index (Phi) is 3.45. The summed E-state index contributed by atoms with van der Waals surface area (Å²) in [5.41, 5.74) is -1.10. The van der Waals surface area contributed by atoms with Crippen molar-refractivity contribution in [2.45, 2.75) is 26.4 Å². The van der Waals surface area contributed by atoms with Crippen LogP contribution in [0.4, 0.5) is 10.1 Å². The SMILES string of the molecule is CCN(C(=O)C(C)(C)F)c1ccccc1. The summed E-state index contributed by atoms with van der Waals surface area (Å²) in [5.74, 6) is -0.504. The minimum atomic E-state index is -1.83. The van der Waals surface area contributed by atoms with Gasteiger partial charge in [-0.1, -0.05) is 18.2 Å². The molecule has 0 aliphatic heterocycles. The lowest BCUT2D eigenvalue weighted by molar-refractivity contribution is -0.127. The molecule has 0 fully saturated rings. The second-order valence-corrected chi connectivity index (χ2v) is 3.86. The molecule has 1 aromatic rings. The first-order chi connectivity index (χ1) is 6.96. The number of benzene rings is 1. The zero-order chi connectivity index (χ0) is 11.5. The van der Waals surface area contributed by atoms with Gasteiger partial charge in [0.1, 0.15) is 0 Å². The number of carbonyl (C=O) groups excluding carboxylic acids is 1. The van der Waals surface area contributed by atoms with Crippen molar-refractivity contribution in [1.82, 2.24) is 0 Å². The fourth-order valence-electron chi connectivity index (χ4n) is 1.37. The van der Waals surface area contributed by atoms with Crippen molar-refractivity contribution in [2.24, 2.45) is 0 Å². The number of para-hydroxylation sites is 1. The number of carbonyl (C=O) groups is 1. The maximum absolute atomic E-state index is 13.5. The van der Waals surface area contributed by atoms with Crippen LogP contribution in [0.5, 0.6) is 0 Å². The van der Waals surface area contributed by atoms with Crippen molar-refractivity contribution in [3.05, 3.63) is 30.3 Å². The molecule has 0 N–H and O–H groups in total. The first kappa shape index (κ1) is 11.7. The molecule has 1 amide bonds. The molecule has 0 unspecified atom stereocenters. The average molecular weight is 209 g/mol. The lowest BCUT2D eigenvalue weighted by atomic mass is 10.1. The standard InChI is InChI=1S/C12H16FNO/c1-4-14(11(15)12(2,3)13)10-8-6-5-7-9-10/h5-9H,4H2,1-3H3. The van der Waals surface area contributed by atoms with Crippen LogP contribution in [-0.2, 0) is 4.79 Å². The molecule has 0 radical (unpaired) electrons. The highest BCUT2D eigenvalue weighted by atomic mass is 19.1. The van der Waals surface area contributed by atoms with Gasteiger partial charge in [-0.05, 0) is 32.9 Å². The minimum absolute atomic E-state index is 0.468. The van der Waals surface area contributed by atoms with Gasteiger partial charge in [0.25, 0.3) is 5.91 Å². The number of anilines is 1. The van der Waals surface area contributed by atoms with E-state index in [-0.39, 0.29) is 0 Å². The van der Waals surface area contributed by atoms with E-state index < -0.39 is 11.6 Å². The van der Waals surface area contributed by atoms with Crippen molar-refractivity contribution in [3.63, 3.8) is 0 Å². The molecule has 15 heavy (non-hydrogen) atoms. The lowest BCUT2D eigenvalue weighted by Gasteiger charge is -2.26. The Bertz CT molecular complexity index is 329. The third-order valence-corrected chi connectivity index (χ3v) is 2.14. The van der Waals surface area contributed by atoms with Gasteiger partial charge in [0.2, 0.25) is 0 Å². The number of nitrogens with zero attached hydrogens (tertiary/aromatic N) is 1. The molecule has 1 rings (SSSR count). The quantitative estimate of drug-likeness (QED) is 0.749. The summed E-state index contributed by atoms with van der Waals surface area (Å²) >= 11 is 0. The van der Waals surface area contributed by atoms with Gasteiger partial charge in [0.05, 0.1) is 0 Å². The van der Waals surface area contributed by atoms with E-state index in [4.69, 9.17) is 0 Å². The smallest absolute Gasteiger partial charge is 0.264 e. The van der Waals surface area contributed by atoms with E-state index in [9.17, 15) is 9.18 Å². The molecule has 3 heteroatoms. The lowest BCUT2D eigenvalue weighted by Crippen LogP contribution is -2.42. The molecule has 0 aliphatic carbocycles. The Morgan fingerprint density at radius 1 is 1.33 bits per heavy atom. The minimum Gasteiger partial charge on any atom is -0.310 e. The predicted octanol–water partition coefficient (Wildman–Crippen LogP) is 2.79. The van der Waals surface area contributed by atoms with Crippen LogP contribution in [0.15, 0.2) is 30.3 Å². The van der Waals surface area contributed by atoms with Crippen molar-refractivity contribution < 1.29 is 9.18 Å². The second-order valence-electron chi connectivity index (χ2n) is 3.86. The molecule has 1 aromatic carbocycles. The number of alkyl halides is 1. The zero-order valence-corrected chi connectivity index (χ0v) is 9.33. The molecule has 82 valence electrons. The van der Waals surface area contributed by atoms with Crippen LogP contribution < -0.4 is 4.90 Å². The number of amides is 1. The monoisotopic (exact) mass is 209 g/mol. The Hall–Kier alpha value is -1.38. The molecular weight excluding hydrogens is 193 g/mol. The summed E-state index contributed by atoms with van der Waals surface area (Å²) in [6, 6.07) is 9.12. The van der Waals surface area contributed by atoms with Crippen molar-refractivity contribution in [1.29, 1.82) is 0 Å². The maximum Gasteiger partial charge on any atom is 0.264 e. The van der Waals surface area contributed by atoms with E-state index >= 15 is 0 Å². The first-order valence-corrected chi connectivity index (χ1v) is 5.02. The summed E-state index contributed by atoms with van der Waals surface area (Å²) in [6.45, 7) is 4.86. The summed E-state index contributed by atoms with van der Waals surface area (Å²) < 4.78 is 13.5. The van der Waals surface area contributed by atoms with E-state index in [0.29, 0.717) is 6.54 Å². The average Bonchev–Trinajstić information content (AvgIpc) is 2.19. The van der Waals surface area contributed by atoms with Crippen molar-refractivity contribution >= 4 is 11.6 Å². The van der Waals surface area contributed by atoms with Gasteiger partial charge in [-0.25, -0.2) is 4.39 Å². The highest BCUT2D eigenvalue weighted by Crippen LogP contribution is 2.19. The normalized spacial score (nSPS) is 11.2. The molecule has 0 atom stereocenters. The summed E-state index contributed by atoms with van der Waals surface area (Å²) in [6.07, 6.45) is 0. The van der Waals surface area contributed by atoms with Gasteiger partial charge in [-0.15, -0.1) is 0 Å². The number of halogens is 1. The highest BCUT2D eigenvalue weighted by Gasteiger charge is 2.31. The van der Waals surface area contributed by atoms with Crippen LogP contribution in [0.1, 0.15) is 20.8 Å². The van der Waals surface area contributed by atoms with E-state index in [2.05, 4.69) is 0 Å². The Balaban J connectivity index is 2.96. The Morgan fingerprint density at radius 3 is 2.27 bits per heavy atom. The molecule has 0 aromatic heterocycles. The van der Waals surface area contributed by atoms with E-state index in [0.717, 1.165) is 5.69 Å². The van der Waals surface area contributed by atoms with E-state index in [1.807, 2.05) is 25.1 Å². The van der Waals surface area contributed by atoms with Gasteiger partial charge in [-0.2, -0.15) is 0 Å². The molecule has 0 saturated carbocycles. The second kappa shape index (κ2) is 4.43. The van der Waals surface area contributed by atoms with Gasteiger partial charge >= 0.3 is 0 Å². The predicted molar refractivity (Wildman–Crippen MR) is 59.7 cm³/mol. The largest absolute Gasteiger partial charge is 0.310 e. The topological polar surface area (TPSA) is 20.3 Å². The van der Waals surface area contributed by atoms with Crippen LogP contribution in [0.25, 0.3) is 0 Å². The zero-order valence-electron chi connectivity index (χ0n) is 9.33. The Labute approximate surface area is 89.7 Å². The van der Waals surface area contributed by atoms with Crippen LogP contribution >= 0.6 is 0 Å². The van der Waals surface area contributed by atoms with Crippen molar-refractivity contribution in [2.75, 3.05) is 11.4 Å². The number of hydrogen-bond donors (Lipinski definition) is 0. The van der Waals surface area contributed by atoms with Gasteiger partial charge in [0.15, 0.2) is 5.67 Å². The van der Waals surface area contributed by atoms with Gasteiger partial charge < -0.3 is 4.90 Å². The van der Waals surface area contributed by atoms with Gasteiger partial charge in [0, 0.05) is 12.2 Å². The molecule has 0 heterocycles. The third-order valence-electron chi connectivity index (χ3n) is 2.14.